The molecule has 6 heteroatoms. The van der Waals surface area contributed by atoms with Crippen LogP contribution in [-0.2, 0) is 4.79 Å². The number of rotatable bonds is 6. The van der Waals surface area contributed by atoms with E-state index in [2.05, 4.69) is 26.6 Å². The van der Waals surface area contributed by atoms with Gasteiger partial charge >= 0.3 is 5.97 Å². The molecule has 1 rings (SSSR count). The van der Waals surface area contributed by atoms with Crippen LogP contribution >= 0.6 is 15.9 Å². The zero-order chi connectivity index (χ0) is 13.5. The fraction of sp³-hybridized carbons (Fsp3) is 0.333. The molecule has 0 aromatic heterocycles. The lowest BCUT2D eigenvalue weighted by Crippen LogP contribution is -2.15. The molecule has 0 fully saturated rings. The van der Waals surface area contributed by atoms with Crippen molar-refractivity contribution in [3.63, 3.8) is 0 Å². The van der Waals surface area contributed by atoms with E-state index < -0.39 is 5.97 Å². The van der Waals surface area contributed by atoms with Crippen LogP contribution in [0.15, 0.2) is 22.7 Å². The molecule has 0 radical (unpaired) electrons. The Bertz CT molecular complexity index is 449. The Morgan fingerprint density at radius 1 is 1.39 bits per heavy atom. The number of carbonyl (C=O) groups is 2. The minimum atomic E-state index is -1.02. The molecular formula is C12H15BrN2O3. The average Bonchev–Trinajstić information content (AvgIpc) is 2.32. The third-order valence-corrected chi connectivity index (χ3v) is 3.01. The van der Waals surface area contributed by atoms with E-state index in [1.54, 1.807) is 6.07 Å². The zero-order valence-corrected chi connectivity index (χ0v) is 11.6. The van der Waals surface area contributed by atoms with Gasteiger partial charge in [0.15, 0.2) is 0 Å². The maximum Gasteiger partial charge on any atom is 0.335 e. The number of carboxylic acids is 1. The van der Waals surface area contributed by atoms with Crippen molar-refractivity contribution in [3.8, 4) is 0 Å². The minimum absolute atomic E-state index is 0.131. The molecule has 5 nitrogen and oxygen atoms in total. The summed E-state index contributed by atoms with van der Waals surface area (Å²) >= 11 is 3.27. The Balaban J connectivity index is 2.68. The fourth-order valence-electron chi connectivity index (χ4n) is 1.39. The first-order valence-corrected chi connectivity index (χ1v) is 6.31. The van der Waals surface area contributed by atoms with Crippen molar-refractivity contribution in [2.75, 3.05) is 18.9 Å². The third kappa shape index (κ3) is 4.46. The van der Waals surface area contributed by atoms with Crippen molar-refractivity contribution in [1.82, 2.24) is 5.32 Å². The number of benzene rings is 1. The van der Waals surface area contributed by atoms with Crippen LogP contribution in [0.3, 0.4) is 0 Å². The summed E-state index contributed by atoms with van der Waals surface area (Å²) in [4.78, 5) is 22.4. The third-order valence-electron chi connectivity index (χ3n) is 2.32. The Morgan fingerprint density at radius 3 is 2.72 bits per heavy atom. The molecule has 0 unspecified atom stereocenters. The second-order valence-electron chi connectivity index (χ2n) is 3.76. The lowest BCUT2D eigenvalue weighted by atomic mass is 10.2. The van der Waals surface area contributed by atoms with E-state index in [0.717, 1.165) is 13.0 Å². The molecule has 0 aliphatic rings. The van der Waals surface area contributed by atoms with Gasteiger partial charge in [-0.05, 0) is 54.1 Å². The highest BCUT2D eigenvalue weighted by molar-refractivity contribution is 9.10. The van der Waals surface area contributed by atoms with Gasteiger partial charge in [0.1, 0.15) is 0 Å². The number of aromatic carboxylic acids is 1. The predicted octanol–water partition coefficient (Wildman–Crippen LogP) is 2.09. The molecule has 0 spiro atoms. The van der Waals surface area contributed by atoms with Crippen molar-refractivity contribution < 1.29 is 14.7 Å². The summed E-state index contributed by atoms with van der Waals surface area (Å²) in [7, 11) is 1.82. The molecule has 0 heterocycles. The largest absolute Gasteiger partial charge is 0.478 e. The smallest absolute Gasteiger partial charge is 0.335 e. The minimum Gasteiger partial charge on any atom is -0.478 e. The van der Waals surface area contributed by atoms with Gasteiger partial charge in [0.25, 0.3) is 0 Å². The van der Waals surface area contributed by atoms with Gasteiger partial charge in [-0.1, -0.05) is 0 Å². The van der Waals surface area contributed by atoms with Crippen LogP contribution in [0.2, 0.25) is 0 Å². The van der Waals surface area contributed by atoms with Crippen LogP contribution < -0.4 is 10.6 Å². The maximum absolute atomic E-state index is 11.6. The monoisotopic (exact) mass is 314 g/mol. The Hall–Kier alpha value is -1.40. The second kappa shape index (κ2) is 7.13. The number of hydrogen-bond donors (Lipinski definition) is 3. The second-order valence-corrected chi connectivity index (χ2v) is 4.61. The molecule has 1 aromatic rings. The van der Waals surface area contributed by atoms with Crippen LogP contribution in [0.1, 0.15) is 23.2 Å². The van der Waals surface area contributed by atoms with Crippen molar-refractivity contribution in [1.29, 1.82) is 0 Å². The van der Waals surface area contributed by atoms with Crippen molar-refractivity contribution in [2.24, 2.45) is 0 Å². The van der Waals surface area contributed by atoms with E-state index in [-0.39, 0.29) is 11.5 Å². The molecule has 3 N–H and O–H groups in total. The number of anilines is 1. The molecule has 0 bridgehead atoms. The quantitative estimate of drug-likeness (QED) is 0.702. The molecule has 0 aliphatic heterocycles. The van der Waals surface area contributed by atoms with Crippen LogP contribution in [0.4, 0.5) is 5.69 Å². The van der Waals surface area contributed by atoms with Crippen molar-refractivity contribution in [3.05, 3.63) is 28.2 Å². The summed E-state index contributed by atoms with van der Waals surface area (Å²) in [6, 6.07) is 4.51. The highest BCUT2D eigenvalue weighted by Gasteiger charge is 2.09. The molecule has 0 saturated heterocycles. The molecule has 1 aromatic carbocycles. The van der Waals surface area contributed by atoms with Crippen LogP contribution in [0.25, 0.3) is 0 Å². The van der Waals surface area contributed by atoms with Gasteiger partial charge in [-0.3, -0.25) is 4.79 Å². The lowest BCUT2D eigenvalue weighted by molar-refractivity contribution is -0.116. The summed E-state index contributed by atoms with van der Waals surface area (Å²) < 4.78 is 0.662. The number of carboxylic acid groups (broad SMARTS) is 1. The molecule has 0 aliphatic carbocycles. The Labute approximate surface area is 114 Å². The van der Waals surface area contributed by atoms with Crippen molar-refractivity contribution >= 4 is 33.5 Å². The Kier molecular flexibility index (Phi) is 5.80. The molecule has 18 heavy (non-hydrogen) atoms. The highest BCUT2D eigenvalue weighted by Crippen LogP contribution is 2.23. The maximum atomic E-state index is 11.6. The van der Waals surface area contributed by atoms with Crippen LogP contribution in [-0.4, -0.2) is 30.6 Å². The van der Waals surface area contributed by atoms with Gasteiger partial charge in [0.2, 0.25) is 5.91 Å². The summed E-state index contributed by atoms with van der Waals surface area (Å²) in [6.07, 6.45) is 1.13. The molecule has 98 valence electrons. The van der Waals surface area contributed by atoms with Crippen LogP contribution in [0, 0.1) is 0 Å². The Morgan fingerprint density at radius 2 is 2.11 bits per heavy atom. The standard InChI is InChI=1S/C12H15BrN2O3/c1-14-6-2-3-11(16)15-10-7-8(12(17)18)4-5-9(10)13/h4-5,7,14H,2-3,6H2,1H3,(H,15,16)(H,17,18). The van der Waals surface area contributed by atoms with E-state index in [0.29, 0.717) is 16.6 Å². The summed E-state index contributed by atoms with van der Waals surface area (Å²) in [5.41, 5.74) is 0.619. The molecule has 1 amide bonds. The van der Waals surface area contributed by atoms with E-state index in [1.165, 1.54) is 12.1 Å². The van der Waals surface area contributed by atoms with E-state index in [4.69, 9.17) is 5.11 Å². The summed E-state index contributed by atoms with van der Waals surface area (Å²) in [5.74, 6) is -1.15. The van der Waals surface area contributed by atoms with Crippen molar-refractivity contribution in [2.45, 2.75) is 12.8 Å². The summed E-state index contributed by atoms with van der Waals surface area (Å²) in [5, 5.41) is 14.5. The van der Waals surface area contributed by atoms with E-state index in [1.807, 2.05) is 7.05 Å². The first kappa shape index (κ1) is 14.7. The zero-order valence-electron chi connectivity index (χ0n) is 10.00. The molecular weight excluding hydrogens is 300 g/mol. The highest BCUT2D eigenvalue weighted by atomic mass is 79.9. The topological polar surface area (TPSA) is 78.4 Å². The first-order chi connectivity index (χ1) is 8.54. The van der Waals surface area contributed by atoms with Gasteiger partial charge in [0, 0.05) is 10.9 Å². The van der Waals surface area contributed by atoms with Gasteiger partial charge in [0.05, 0.1) is 11.3 Å². The first-order valence-electron chi connectivity index (χ1n) is 5.52. The predicted molar refractivity (Wildman–Crippen MR) is 72.9 cm³/mol. The van der Waals surface area contributed by atoms with Gasteiger partial charge in [-0.2, -0.15) is 0 Å². The number of amides is 1. The molecule has 0 atom stereocenters. The fourth-order valence-corrected chi connectivity index (χ4v) is 1.74. The average molecular weight is 315 g/mol. The lowest BCUT2D eigenvalue weighted by Gasteiger charge is -2.08. The molecule has 0 saturated carbocycles. The normalized spacial score (nSPS) is 10.1. The van der Waals surface area contributed by atoms with Gasteiger partial charge in [-0.15, -0.1) is 0 Å². The number of nitrogens with one attached hydrogen (secondary N) is 2. The van der Waals surface area contributed by atoms with Crippen LogP contribution in [0.5, 0.6) is 0 Å². The number of hydrogen-bond acceptors (Lipinski definition) is 3. The van der Waals surface area contributed by atoms with E-state index in [9.17, 15) is 9.59 Å². The number of halogens is 1. The number of carbonyl (C=O) groups excluding carboxylic acids is 1. The summed E-state index contributed by atoms with van der Waals surface area (Å²) in [6.45, 7) is 0.768. The van der Waals surface area contributed by atoms with Gasteiger partial charge in [-0.25, -0.2) is 4.79 Å². The van der Waals surface area contributed by atoms with E-state index >= 15 is 0 Å². The van der Waals surface area contributed by atoms with Gasteiger partial charge < -0.3 is 15.7 Å². The SMILES string of the molecule is CNCCCC(=O)Nc1cc(C(=O)O)ccc1Br.